The van der Waals surface area contributed by atoms with E-state index in [2.05, 4.69) is 56.9 Å². The van der Waals surface area contributed by atoms with Gasteiger partial charge in [-0.05, 0) is 44.4 Å². The van der Waals surface area contributed by atoms with E-state index in [1.54, 1.807) is 0 Å². The van der Waals surface area contributed by atoms with Gasteiger partial charge in [-0.2, -0.15) is 0 Å². The Morgan fingerprint density at radius 2 is 1.88 bits per heavy atom. The fraction of sp³-hybridized carbons (Fsp3) is 0.467. The summed E-state index contributed by atoms with van der Waals surface area (Å²) in [5.41, 5.74) is 2.82. The van der Waals surface area contributed by atoms with Crippen molar-refractivity contribution in [1.82, 2.24) is 5.32 Å². The molecular formula is C15H23N. The van der Waals surface area contributed by atoms with Crippen molar-refractivity contribution in [2.24, 2.45) is 0 Å². The van der Waals surface area contributed by atoms with Crippen molar-refractivity contribution >= 4 is 6.08 Å². The minimum absolute atomic E-state index is 0.251. The lowest BCUT2D eigenvalue weighted by molar-refractivity contribution is 0.379. The average Bonchev–Trinajstić information content (AvgIpc) is 2.30. The van der Waals surface area contributed by atoms with Crippen LogP contribution < -0.4 is 5.32 Å². The Bertz CT molecular complexity index is 322. The van der Waals surface area contributed by atoms with Gasteiger partial charge in [0.15, 0.2) is 0 Å². The summed E-state index contributed by atoms with van der Waals surface area (Å²) in [5.74, 6) is 0. The fourth-order valence-electron chi connectivity index (χ4n) is 1.49. The van der Waals surface area contributed by atoms with Crippen LogP contribution in [0.15, 0.2) is 30.8 Å². The van der Waals surface area contributed by atoms with Crippen LogP contribution >= 0.6 is 0 Å². The van der Waals surface area contributed by atoms with Crippen LogP contribution in [0.2, 0.25) is 0 Å². The summed E-state index contributed by atoms with van der Waals surface area (Å²) < 4.78 is 0. The zero-order chi connectivity index (χ0) is 12.0. The summed E-state index contributed by atoms with van der Waals surface area (Å²) in [4.78, 5) is 0. The molecule has 0 aromatic heterocycles. The first kappa shape index (κ1) is 13.0. The molecule has 0 aliphatic carbocycles. The summed E-state index contributed by atoms with van der Waals surface area (Å²) >= 11 is 0. The molecule has 0 fully saturated rings. The van der Waals surface area contributed by atoms with Gasteiger partial charge in [-0.1, -0.05) is 43.8 Å². The second-order valence-electron chi connectivity index (χ2n) is 4.86. The van der Waals surface area contributed by atoms with Crippen LogP contribution in [-0.4, -0.2) is 12.1 Å². The molecule has 88 valence electrons. The highest BCUT2D eigenvalue weighted by molar-refractivity contribution is 5.47. The minimum Gasteiger partial charge on any atom is -0.311 e. The molecule has 0 spiro atoms. The summed E-state index contributed by atoms with van der Waals surface area (Å²) in [6.07, 6.45) is 4.12. The number of hydrogen-bond donors (Lipinski definition) is 1. The van der Waals surface area contributed by atoms with Gasteiger partial charge in [0.1, 0.15) is 0 Å². The summed E-state index contributed by atoms with van der Waals surface area (Å²) in [6.45, 7) is 11.5. The van der Waals surface area contributed by atoms with E-state index in [1.165, 1.54) is 11.1 Å². The first-order chi connectivity index (χ1) is 7.57. The predicted molar refractivity (Wildman–Crippen MR) is 72.6 cm³/mol. The van der Waals surface area contributed by atoms with Crippen molar-refractivity contribution in [3.05, 3.63) is 42.0 Å². The van der Waals surface area contributed by atoms with Gasteiger partial charge >= 0.3 is 0 Å². The molecule has 16 heavy (non-hydrogen) atoms. The quantitative estimate of drug-likeness (QED) is 0.767. The second-order valence-corrected chi connectivity index (χ2v) is 4.86. The van der Waals surface area contributed by atoms with Crippen LogP contribution in [0.25, 0.3) is 6.08 Å². The lowest BCUT2D eigenvalue weighted by Crippen LogP contribution is -2.39. The van der Waals surface area contributed by atoms with Gasteiger partial charge in [-0.25, -0.2) is 0 Å². The first-order valence-corrected chi connectivity index (χ1v) is 6.04. The second kappa shape index (κ2) is 5.86. The van der Waals surface area contributed by atoms with Crippen LogP contribution in [0.4, 0.5) is 0 Å². The Morgan fingerprint density at radius 3 is 2.38 bits per heavy atom. The van der Waals surface area contributed by atoms with E-state index in [4.69, 9.17) is 0 Å². The number of rotatable bonds is 6. The van der Waals surface area contributed by atoms with Crippen molar-refractivity contribution in [2.45, 2.75) is 39.2 Å². The van der Waals surface area contributed by atoms with Crippen molar-refractivity contribution in [1.29, 1.82) is 0 Å². The Balaban J connectivity index is 2.40. The highest BCUT2D eigenvalue weighted by atomic mass is 14.9. The number of nitrogens with one attached hydrogen (secondary N) is 1. The molecule has 0 heterocycles. The predicted octanol–water partition coefficient (Wildman–Crippen LogP) is 3.65. The lowest BCUT2D eigenvalue weighted by Gasteiger charge is -2.24. The van der Waals surface area contributed by atoms with E-state index in [0.717, 1.165) is 19.4 Å². The van der Waals surface area contributed by atoms with Crippen molar-refractivity contribution < 1.29 is 0 Å². The summed E-state index contributed by atoms with van der Waals surface area (Å²) in [5, 5.41) is 3.57. The summed E-state index contributed by atoms with van der Waals surface area (Å²) in [6, 6.07) is 8.59. The molecule has 0 unspecified atom stereocenters. The largest absolute Gasteiger partial charge is 0.311 e. The molecule has 1 nitrogen and oxygen atoms in total. The standard InChI is InChI=1S/C15H23N/c1-5-13-7-9-14(10-8-13)11-12-16-15(3,4)6-2/h5,7-10,16H,1,6,11-12H2,2-4H3. The van der Waals surface area contributed by atoms with Gasteiger partial charge in [-0.15, -0.1) is 0 Å². The van der Waals surface area contributed by atoms with E-state index in [-0.39, 0.29) is 5.54 Å². The molecule has 1 rings (SSSR count). The third kappa shape index (κ3) is 4.19. The minimum atomic E-state index is 0.251. The van der Waals surface area contributed by atoms with Crippen LogP contribution in [0.3, 0.4) is 0 Å². The Kier molecular flexibility index (Phi) is 4.75. The van der Waals surface area contributed by atoms with Crippen LogP contribution in [0.5, 0.6) is 0 Å². The molecule has 0 aliphatic heterocycles. The van der Waals surface area contributed by atoms with E-state index < -0.39 is 0 Å². The van der Waals surface area contributed by atoms with Gasteiger partial charge in [0.25, 0.3) is 0 Å². The van der Waals surface area contributed by atoms with E-state index in [0.29, 0.717) is 0 Å². The molecule has 0 saturated heterocycles. The molecule has 0 bridgehead atoms. The zero-order valence-corrected chi connectivity index (χ0v) is 10.7. The maximum Gasteiger partial charge on any atom is 0.0122 e. The van der Waals surface area contributed by atoms with E-state index >= 15 is 0 Å². The maximum atomic E-state index is 3.75. The van der Waals surface area contributed by atoms with Crippen LogP contribution in [-0.2, 0) is 6.42 Å². The van der Waals surface area contributed by atoms with Crippen LogP contribution in [0.1, 0.15) is 38.3 Å². The van der Waals surface area contributed by atoms with Gasteiger partial charge in [0.05, 0.1) is 0 Å². The van der Waals surface area contributed by atoms with Gasteiger partial charge in [0.2, 0.25) is 0 Å². The van der Waals surface area contributed by atoms with E-state index in [9.17, 15) is 0 Å². The van der Waals surface area contributed by atoms with Gasteiger partial charge < -0.3 is 5.32 Å². The van der Waals surface area contributed by atoms with Crippen LogP contribution in [0, 0.1) is 0 Å². The monoisotopic (exact) mass is 217 g/mol. The van der Waals surface area contributed by atoms with Crippen molar-refractivity contribution in [2.75, 3.05) is 6.54 Å². The highest BCUT2D eigenvalue weighted by Gasteiger charge is 2.12. The normalized spacial score (nSPS) is 11.4. The third-order valence-corrected chi connectivity index (χ3v) is 3.12. The van der Waals surface area contributed by atoms with Gasteiger partial charge in [-0.3, -0.25) is 0 Å². The molecule has 0 aliphatic rings. The smallest absolute Gasteiger partial charge is 0.0122 e. The van der Waals surface area contributed by atoms with Crippen molar-refractivity contribution in [3.63, 3.8) is 0 Å². The fourth-order valence-corrected chi connectivity index (χ4v) is 1.49. The molecule has 0 radical (unpaired) electrons. The van der Waals surface area contributed by atoms with E-state index in [1.807, 2.05) is 6.08 Å². The zero-order valence-electron chi connectivity index (χ0n) is 10.7. The molecule has 0 amide bonds. The Hall–Kier alpha value is -1.08. The molecule has 1 aromatic carbocycles. The maximum absolute atomic E-state index is 3.75. The number of hydrogen-bond acceptors (Lipinski definition) is 1. The Morgan fingerprint density at radius 1 is 1.25 bits per heavy atom. The lowest BCUT2D eigenvalue weighted by atomic mass is 10.0. The third-order valence-electron chi connectivity index (χ3n) is 3.12. The first-order valence-electron chi connectivity index (χ1n) is 6.04. The molecular weight excluding hydrogens is 194 g/mol. The number of benzene rings is 1. The Labute approximate surface area is 99.6 Å². The highest BCUT2D eigenvalue weighted by Crippen LogP contribution is 2.08. The molecule has 1 N–H and O–H groups in total. The average molecular weight is 217 g/mol. The molecule has 0 atom stereocenters. The molecule has 0 saturated carbocycles. The van der Waals surface area contributed by atoms with Gasteiger partial charge in [0, 0.05) is 5.54 Å². The SMILES string of the molecule is C=Cc1ccc(CCNC(C)(C)CC)cc1. The molecule has 1 heteroatoms. The summed E-state index contributed by atoms with van der Waals surface area (Å²) in [7, 11) is 0. The molecule has 1 aromatic rings. The van der Waals surface area contributed by atoms with Crippen molar-refractivity contribution in [3.8, 4) is 0 Å². The topological polar surface area (TPSA) is 12.0 Å².